The molecule has 29 heteroatoms. The molecular formula is C50H63F4IN18O6. The van der Waals surface area contributed by atoms with Gasteiger partial charge in [0.15, 0.2) is 34.9 Å². The molecule has 79 heavy (non-hydrogen) atoms. The van der Waals surface area contributed by atoms with Gasteiger partial charge >= 0.3 is 11.4 Å². The number of nitrogens with one attached hydrogen (secondary N) is 4. The maximum atomic E-state index is 15.2. The molecule has 0 spiro atoms. The van der Waals surface area contributed by atoms with Gasteiger partial charge in [-0.2, -0.15) is 28.7 Å². The average Bonchev–Trinajstić information content (AvgIpc) is 4.32. The number of tetrazole rings is 2. The molecule has 0 saturated carbocycles. The smallest absolute Gasteiger partial charge is 0.368 e. The van der Waals surface area contributed by atoms with Crippen molar-refractivity contribution in [3.8, 4) is 22.9 Å². The van der Waals surface area contributed by atoms with Gasteiger partial charge < -0.3 is 40.6 Å². The third-order valence-electron chi connectivity index (χ3n) is 15.1. The number of fused-ring (bicyclic) bond motifs is 2. The molecule has 6 aliphatic rings. The predicted molar refractivity (Wildman–Crippen MR) is 290 cm³/mol. The van der Waals surface area contributed by atoms with E-state index in [1.807, 2.05) is 0 Å². The van der Waals surface area contributed by atoms with Crippen molar-refractivity contribution < 1.29 is 36.9 Å². The second kappa shape index (κ2) is 22.9. The number of nitrogens with zero attached hydrogens (tertiary/aromatic N) is 14. The Kier molecular flexibility index (Phi) is 16.1. The molecule has 0 radical (unpaired) electrons. The van der Waals surface area contributed by atoms with Gasteiger partial charge in [0.2, 0.25) is 11.9 Å². The summed E-state index contributed by atoms with van der Waals surface area (Å²) in [6.07, 6.45) is 9.83. The summed E-state index contributed by atoms with van der Waals surface area (Å²) >= 11 is 2.37. The summed E-state index contributed by atoms with van der Waals surface area (Å²) in [5.41, 5.74) is -1.26. The molecule has 0 aliphatic carbocycles. The number of benzene rings is 2. The molecule has 4 atom stereocenters. The molecule has 6 aliphatic heterocycles. The van der Waals surface area contributed by atoms with Crippen molar-refractivity contribution in [2.75, 3.05) is 60.8 Å². The van der Waals surface area contributed by atoms with Crippen molar-refractivity contribution in [1.29, 1.82) is 0 Å². The molecule has 24 nitrogen and oxygen atoms in total. The highest BCUT2D eigenvalue weighted by atomic mass is 127. The van der Waals surface area contributed by atoms with Gasteiger partial charge in [-0.3, -0.25) is 9.80 Å². The van der Waals surface area contributed by atoms with Crippen LogP contribution in [0, 0.1) is 23.3 Å². The van der Waals surface area contributed by atoms with Crippen LogP contribution in [0.5, 0.6) is 11.5 Å². The molecule has 6 saturated heterocycles. The van der Waals surface area contributed by atoms with Gasteiger partial charge in [-0.15, -0.1) is 0 Å². The number of hydrogen-bond acceptors (Lipinski definition) is 20. The second-order valence-electron chi connectivity index (χ2n) is 21.8. The summed E-state index contributed by atoms with van der Waals surface area (Å²) in [6, 6.07) is 5.50. The lowest BCUT2D eigenvalue weighted by Gasteiger charge is -2.47. The van der Waals surface area contributed by atoms with Gasteiger partial charge in [0.25, 0.3) is 0 Å². The Morgan fingerprint density at radius 3 is 1.54 bits per heavy atom. The van der Waals surface area contributed by atoms with Crippen molar-refractivity contribution in [1.82, 2.24) is 69.3 Å². The largest absolute Gasteiger partial charge is 0.506 e. The van der Waals surface area contributed by atoms with E-state index >= 15 is 4.39 Å². The van der Waals surface area contributed by atoms with Crippen molar-refractivity contribution in [2.24, 2.45) is 14.1 Å². The van der Waals surface area contributed by atoms with E-state index in [4.69, 9.17) is 14.2 Å². The van der Waals surface area contributed by atoms with Gasteiger partial charge in [-0.25, -0.2) is 37.1 Å². The van der Waals surface area contributed by atoms with E-state index in [9.17, 15) is 27.9 Å². The monoisotopic (exact) mass is 1210 g/mol. The van der Waals surface area contributed by atoms with Crippen LogP contribution in [0.4, 0.5) is 52.5 Å². The van der Waals surface area contributed by atoms with E-state index in [0.29, 0.717) is 25.3 Å². The van der Waals surface area contributed by atoms with E-state index in [1.54, 1.807) is 0 Å². The van der Waals surface area contributed by atoms with Crippen molar-refractivity contribution in [3.63, 3.8) is 0 Å². The zero-order chi connectivity index (χ0) is 55.9. The number of aromatic nitrogens is 12. The summed E-state index contributed by atoms with van der Waals surface area (Å²) in [6.45, 7) is 13.7. The van der Waals surface area contributed by atoms with E-state index < -0.39 is 40.4 Å². The van der Waals surface area contributed by atoms with Gasteiger partial charge in [-0.05, 0) is 125 Å². The topological polar surface area (TPSA) is 260 Å². The molecule has 2 aromatic carbocycles. The van der Waals surface area contributed by atoms with Crippen LogP contribution in [-0.2, 0) is 23.6 Å². The first-order chi connectivity index (χ1) is 37.7. The number of phenolic OH excluding ortho intramolecular Hbond substituents is 1. The normalized spacial score (nSPS) is 22.5. The van der Waals surface area contributed by atoms with Crippen LogP contribution in [0.1, 0.15) is 79.1 Å². The minimum absolute atomic E-state index is 0.00492. The highest BCUT2D eigenvalue weighted by Gasteiger charge is 2.44. The van der Waals surface area contributed by atoms with Crippen LogP contribution in [0.3, 0.4) is 0 Å². The first-order valence-corrected chi connectivity index (χ1v) is 27.4. The van der Waals surface area contributed by atoms with Gasteiger partial charge in [0.05, 0.1) is 54.1 Å². The third kappa shape index (κ3) is 12.3. The van der Waals surface area contributed by atoms with E-state index in [0.717, 1.165) is 118 Å². The van der Waals surface area contributed by atoms with Crippen LogP contribution >= 0.6 is 22.6 Å². The minimum atomic E-state index is -0.819. The van der Waals surface area contributed by atoms with Crippen LogP contribution in [-0.4, -0.2) is 159 Å². The zero-order valence-electron chi connectivity index (χ0n) is 44.5. The fourth-order valence-electron chi connectivity index (χ4n) is 11.2. The van der Waals surface area contributed by atoms with Crippen LogP contribution in [0.25, 0.3) is 11.4 Å². The van der Waals surface area contributed by atoms with Crippen LogP contribution in [0.2, 0.25) is 0 Å². The number of aromatic hydroxyl groups is 1. The number of halogens is 5. The summed E-state index contributed by atoms with van der Waals surface area (Å²) in [7, 11) is 2.84. The number of alkyl halides is 1. The molecule has 0 unspecified atom stereocenters. The summed E-state index contributed by atoms with van der Waals surface area (Å²) < 4.78 is 79.6. The van der Waals surface area contributed by atoms with Gasteiger partial charge in [-0.1, -0.05) is 22.6 Å². The summed E-state index contributed by atoms with van der Waals surface area (Å²) in [5, 5.41) is 37.0. The Morgan fingerprint density at radius 2 is 1.11 bits per heavy atom. The fraction of sp³-hybridized carbons (Fsp3) is 0.560. The number of piperidine rings is 2. The number of rotatable bonds is 12. The maximum absolute atomic E-state index is 15.2. The van der Waals surface area contributed by atoms with Crippen molar-refractivity contribution in [3.05, 3.63) is 80.9 Å². The van der Waals surface area contributed by atoms with E-state index in [1.165, 1.54) is 32.6 Å². The lowest BCUT2D eigenvalue weighted by molar-refractivity contribution is -0.0797. The highest BCUT2D eigenvalue weighted by Crippen LogP contribution is 2.41. The predicted octanol–water partition coefficient (Wildman–Crippen LogP) is 5.49. The molecule has 5 N–H and O–H groups in total. The summed E-state index contributed by atoms with van der Waals surface area (Å²) in [5.74, 6) is -3.07. The zero-order valence-corrected chi connectivity index (χ0v) is 46.6. The lowest BCUT2D eigenvalue weighted by Crippen LogP contribution is -2.55. The first-order valence-electron chi connectivity index (χ1n) is 26.2. The fourth-order valence-corrected chi connectivity index (χ4v) is 11.7. The van der Waals surface area contributed by atoms with E-state index in [2.05, 4.69) is 122 Å². The number of aryl methyl sites for hydroxylation is 2. The Labute approximate surface area is 464 Å². The van der Waals surface area contributed by atoms with Gasteiger partial charge in [0.1, 0.15) is 29.0 Å². The molecular weight excluding hydrogens is 1150 g/mol. The number of hydrogen-bond donors (Lipinski definition) is 5. The Balaban J connectivity index is 0.000000164. The minimum Gasteiger partial charge on any atom is -0.506 e. The van der Waals surface area contributed by atoms with Crippen molar-refractivity contribution in [2.45, 2.75) is 124 Å². The van der Waals surface area contributed by atoms with Crippen LogP contribution < -0.4 is 37.4 Å². The average molecular weight is 1220 g/mol. The van der Waals surface area contributed by atoms with Crippen molar-refractivity contribution >= 4 is 57.5 Å². The molecule has 12 rings (SSSR count). The Morgan fingerprint density at radius 1 is 0.658 bits per heavy atom. The summed E-state index contributed by atoms with van der Waals surface area (Å²) in [4.78, 5) is 46.3. The first kappa shape index (κ1) is 55.7. The molecule has 6 aromatic rings. The standard InChI is InChI=1S/C25H31F2N9O3.C22H27F2N9O2.C3H5IO/c1-25(2)10-14(7-15-5-4-6-35(15)25)29-22-18(27)11-28-23(31-22)30-19-9-20(36-24(37)34(3)32-33-36)21(8-17(19)26)39-16-12-38-13-16;1-22(2)10-12(7-13-5-4-6-32(13)22)26-19-15(24)11-25-20(28-19)27-16-9-17(18(34)8-14(16)23)33-21(35)31(3)29-30-33;4-3-1-5-2-3/h8-9,11,14-16H,4-7,10,12-13H2,1-3H3,(H2,28,29,30,31);8-9,11-13,34H,4-7,10H2,1-3H3,(H2,25,26,27,28);3H,1-2H2/t14-,15+;12-,13+;/m11./s1. The Bertz CT molecular complexity index is 3300. The third-order valence-corrected chi connectivity index (χ3v) is 15.8. The molecule has 4 aromatic heterocycles. The molecule has 424 valence electrons. The number of ether oxygens (including phenoxy) is 3. The number of anilines is 6. The molecule has 0 amide bonds. The van der Waals surface area contributed by atoms with Gasteiger partial charge in [0, 0.05) is 61.5 Å². The van der Waals surface area contributed by atoms with E-state index in [-0.39, 0.29) is 81.3 Å². The van der Waals surface area contributed by atoms with Crippen LogP contribution in [0.15, 0.2) is 46.2 Å². The highest BCUT2D eigenvalue weighted by molar-refractivity contribution is 14.1. The molecule has 10 heterocycles. The quantitative estimate of drug-likeness (QED) is 0.0439. The number of phenols is 1. The molecule has 0 bridgehead atoms. The maximum Gasteiger partial charge on any atom is 0.368 e. The SMILES string of the molecule is Cn1nnn(-c2cc(Nc3ncc(F)c(N[C@@H]4C[C@@H]5CCCN5C(C)(C)C4)n3)c(F)cc2O)c1=O.Cn1nnn(-c2cc(Nc3ncc(F)c(N[C@@H]4C[C@@H]5CCCN5C(C)(C)C4)n3)c(F)cc2OC2COC2)c1=O.IC1COC1. The molecule has 6 fully saturated rings. The Hall–Kier alpha value is -6.57. The second-order valence-corrected chi connectivity index (χ2v) is 23.6. The lowest BCUT2D eigenvalue weighted by atomic mass is 9.84.